The maximum Gasteiger partial charge on any atom is 0.220 e. The molecule has 1 unspecified atom stereocenters. The van der Waals surface area contributed by atoms with Gasteiger partial charge in [-0.05, 0) is 64.2 Å². The second-order valence-electron chi connectivity index (χ2n) is 11.8. The first-order valence-corrected chi connectivity index (χ1v) is 17.6. The van der Waals surface area contributed by atoms with Crippen LogP contribution >= 0.6 is 0 Å². The number of carbonyl (C=O) groups is 1. The maximum absolute atomic E-state index is 12.3. The molecule has 3 atom stereocenters. The molecule has 1 amide bonds. The summed E-state index contributed by atoms with van der Waals surface area (Å²) in [6, 6.07) is -0.718. The van der Waals surface area contributed by atoms with Crippen molar-refractivity contribution in [2.24, 2.45) is 0 Å². The Kier molecular flexibility index (Phi) is 31.5. The second kappa shape index (κ2) is 33.0. The molecular weight excluding hydrogens is 534 g/mol. The average molecular weight is 602 g/mol. The van der Waals surface area contributed by atoms with E-state index in [-0.39, 0.29) is 18.9 Å². The zero-order valence-electron chi connectivity index (χ0n) is 27.8. The molecule has 0 aromatic rings. The molecule has 0 aliphatic rings. The minimum absolute atomic E-state index is 0.226. The maximum atomic E-state index is 12.3. The molecule has 0 saturated heterocycles. The van der Waals surface area contributed by atoms with Gasteiger partial charge in [-0.3, -0.25) is 4.79 Å². The molecule has 0 heterocycles. The van der Waals surface area contributed by atoms with Gasteiger partial charge in [-0.25, -0.2) is 0 Å². The van der Waals surface area contributed by atoms with Gasteiger partial charge in [-0.15, -0.1) is 0 Å². The summed E-state index contributed by atoms with van der Waals surface area (Å²) >= 11 is 0. The second-order valence-corrected chi connectivity index (χ2v) is 11.8. The molecule has 5 nitrogen and oxygen atoms in total. The van der Waals surface area contributed by atoms with Gasteiger partial charge in [-0.1, -0.05) is 139 Å². The van der Waals surface area contributed by atoms with Crippen molar-refractivity contribution in [3.63, 3.8) is 0 Å². The number of aliphatic hydroxyl groups excluding tert-OH is 3. The first-order chi connectivity index (χ1) is 21.0. The highest BCUT2D eigenvalue weighted by Crippen LogP contribution is 2.11. The Morgan fingerprint density at radius 3 is 1.84 bits per heavy atom. The molecule has 0 aliphatic carbocycles. The molecule has 0 rings (SSSR count). The molecule has 0 spiro atoms. The Morgan fingerprint density at radius 1 is 0.628 bits per heavy atom. The van der Waals surface area contributed by atoms with Gasteiger partial charge in [0.15, 0.2) is 0 Å². The lowest BCUT2D eigenvalue weighted by Crippen LogP contribution is -2.45. The number of hydrogen-bond acceptors (Lipinski definition) is 4. The normalized spacial score (nSPS) is 14.6. The predicted molar refractivity (Wildman–Crippen MR) is 185 cm³/mol. The lowest BCUT2D eigenvalue weighted by Gasteiger charge is -2.20. The number of nitrogens with one attached hydrogen (secondary N) is 1. The third-order valence-corrected chi connectivity index (χ3v) is 7.55. The molecule has 0 bridgehead atoms. The van der Waals surface area contributed by atoms with E-state index in [9.17, 15) is 20.1 Å². The van der Waals surface area contributed by atoms with E-state index in [1.807, 2.05) is 18.2 Å². The summed E-state index contributed by atoms with van der Waals surface area (Å²) < 4.78 is 0. The van der Waals surface area contributed by atoms with E-state index < -0.39 is 18.2 Å². The van der Waals surface area contributed by atoms with Gasteiger partial charge >= 0.3 is 0 Å². The van der Waals surface area contributed by atoms with E-state index in [2.05, 4.69) is 49.5 Å². The number of unbranched alkanes of at least 4 members (excludes halogenated alkanes) is 14. The van der Waals surface area contributed by atoms with Crippen LogP contribution in [-0.4, -0.2) is 46.1 Å². The van der Waals surface area contributed by atoms with Crippen LogP contribution < -0.4 is 5.32 Å². The van der Waals surface area contributed by atoms with Gasteiger partial charge in [-0.2, -0.15) is 0 Å². The summed E-state index contributed by atoms with van der Waals surface area (Å²) in [6.45, 7) is 4.13. The van der Waals surface area contributed by atoms with E-state index in [1.54, 1.807) is 12.2 Å². The van der Waals surface area contributed by atoms with Crippen molar-refractivity contribution < 1.29 is 20.1 Å². The van der Waals surface area contributed by atoms with Gasteiger partial charge in [0, 0.05) is 6.42 Å². The third kappa shape index (κ3) is 29.9. The molecule has 248 valence electrons. The van der Waals surface area contributed by atoms with E-state index in [1.165, 1.54) is 89.9 Å². The van der Waals surface area contributed by atoms with Crippen molar-refractivity contribution in [2.75, 3.05) is 6.61 Å². The van der Waals surface area contributed by atoms with Crippen molar-refractivity contribution in [2.45, 2.75) is 167 Å². The number of aliphatic hydroxyl groups is 3. The summed E-state index contributed by atoms with van der Waals surface area (Å²) in [5.41, 5.74) is 0. The van der Waals surface area contributed by atoms with E-state index in [0.29, 0.717) is 12.8 Å². The monoisotopic (exact) mass is 602 g/mol. The van der Waals surface area contributed by atoms with Crippen LogP contribution in [-0.2, 0) is 4.79 Å². The summed E-state index contributed by atoms with van der Waals surface area (Å²) in [5.74, 6) is -0.226. The van der Waals surface area contributed by atoms with Crippen LogP contribution in [0.4, 0.5) is 0 Å². The van der Waals surface area contributed by atoms with Crippen LogP contribution in [0, 0.1) is 0 Å². The first kappa shape index (κ1) is 41.0. The molecule has 0 saturated carbocycles. The smallest absolute Gasteiger partial charge is 0.220 e. The minimum atomic E-state index is -0.916. The Labute approximate surface area is 265 Å². The van der Waals surface area contributed by atoms with Crippen molar-refractivity contribution in [1.82, 2.24) is 5.32 Å². The van der Waals surface area contributed by atoms with Crippen LogP contribution in [0.2, 0.25) is 0 Å². The summed E-state index contributed by atoms with van der Waals surface area (Å²) in [5, 5.41) is 32.9. The van der Waals surface area contributed by atoms with E-state index >= 15 is 0 Å². The topological polar surface area (TPSA) is 89.8 Å². The number of rotatable bonds is 30. The fourth-order valence-electron chi connectivity index (χ4n) is 4.77. The van der Waals surface area contributed by atoms with Crippen LogP contribution in [0.1, 0.15) is 149 Å². The molecule has 5 heteroatoms. The Morgan fingerprint density at radius 2 is 1.21 bits per heavy atom. The number of carbonyl (C=O) groups excluding carboxylic acids is 1. The highest BCUT2D eigenvalue weighted by atomic mass is 16.3. The van der Waals surface area contributed by atoms with Crippen LogP contribution in [0.25, 0.3) is 0 Å². The zero-order valence-corrected chi connectivity index (χ0v) is 27.8. The van der Waals surface area contributed by atoms with Crippen molar-refractivity contribution in [1.29, 1.82) is 0 Å². The summed E-state index contributed by atoms with van der Waals surface area (Å²) in [6.07, 6.45) is 41.8. The fourth-order valence-corrected chi connectivity index (χ4v) is 4.77. The number of amides is 1. The van der Waals surface area contributed by atoms with Crippen LogP contribution in [0.5, 0.6) is 0 Å². The Bertz CT molecular complexity index is 755. The molecule has 0 aromatic heterocycles. The number of hydrogen-bond donors (Lipinski definition) is 4. The lowest BCUT2D eigenvalue weighted by atomic mass is 10.1. The first-order valence-electron chi connectivity index (χ1n) is 17.6. The van der Waals surface area contributed by atoms with E-state index in [4.69, 9.17) is 0 Å². The van der Waals surface area contributed by atoms with Crippen LogP contribution in [0.15, 0.2) is 60.8 Å². The predicted octanol–water partition coefficient (Wildman–Crippen LogP) is 9.20. The summed E-state index contributed by atoms with van der Waals surface area (Å²) in [7, 11) is 0. The van der Waals surface area contributed by atoms with Crippen molar-refractivity contribution >= 4 is 5.91 Å². The van der Waals surface area contributed by atoms with Gasteiger partial charge in [0.05, 0.1) is 24.9 Å². The lowest BCUT2D eigenvalue weighted by molar-refractivity contribution is -0.123. The number of allylic oxidation sites excluding steroid dienone is 8. The molecule has 4 N–H and O–H groups in total. The Balaban J connectivity index is 3.91. The van der Waals surface area contributed by atoms with Gasteiger partial charge in [0.1, 0.15) is 0 Å². The Hall–Kier alpha value is -1.95. The minimum Gasteiger partial charge on any atom is -0.394 e. The highest BCUT2D eigenvalue weighted by molar-refractivity contribution is 5.76. The van der Waals surface area contributed by atoms with Crippen LogP contribution in [0.3, 0.4) is 0 Å². The highest BCUT2D eigenvalue weighted by Gasteiger charge is 2.18. The van der Waals surface area contributed by atoms with Gasteiger partial charge < -0.3 is 20.6 Å². The van der Waals surface area contributed by atoms with Gasteiger partial charge in [0.2, 0.25) is 5.91 Å². The molecular formula is C38H67NO4. The fraction of sp³-hybridized carbons (Fsp3) is 0.711. The quantitative estimate of drug-likeness (QED) is 0.0375. The zero-order chi connectivity index (χ0) is 31.6. The molecule has 0 aliphatic heterocycles. The molecule has 0 radical (unpaired) electrons. The average Bonchev–Trinajstić information content (AvgIpc) is 3.00. The largest absolute Gasteiger partial charge is 0.394 e. The SMILES string of the molecule is CCC/C=C\CCCCCCCC/C=C/[C@@H](O)[C@H](CO)NC(=O)CCCC(O)/C=C/C=C/C/C=C/CCCCCCCC. The van der Waals surface area contributed by atoms with Crippen molar-refractivity contribution in [3.05, 3.63) is 60.8 Å². The van der Waals surface area contributed by atoms with Crippen molar-refractivity contribution in [3.8, 4) is 0 Å². The molecule has 0 aromatic carbocycles. The summed E-state index contributed by atoms with van der Waals surface area (Å²) in [4.78, 5) is 12.3. The van der Waals surface area contributed by atoms with Gasteiger partial charge in [0.25, 0.3) is 0 Å². The standard InChI is InChI=1S/C38H67NO4/c1-3-5-7-9-11-13-15-17-19-21-23-25-27-30-35(41)31-29-33-38(43)39-36(34-40)37(42)32-28-26-24-22-20-18-16-14-12-10-8-6-4-2/h8,10,17,19,23,25,27-28,30,32,35-37,40-42H,3-7,9,11-16,18,20-22,24,26,29,31,33-34H2,1-2H3,(H,39,43)/b10-8-,19-17+,25-23+,30-27+,32-28+/t35?,36-,37+/m0/s1. The molecule has 0 fully saturated rings. The molecule has 43 heavy (non-hydrogen) atoms. The van der Waals surface area contributed by atoms with E-state index in [0.717, 1.165) is 25.7 Å². The third-order valence-electron chi connectivity index (χ3n) is 7.55.